The number of ether oxygens (including phenoxy) is 2. The van der Waals surface area contributed by atoms with E-state index in [4.69, 9.17) is 9.47 Å². The molecule has 3 rings (SSSR count). The van der Waals surface area contributed by atoms with Gasteiger partial charge in [-0.05, 0) is 61.0 Å². The summed E-state index contributed by atoms with van der Waals surface area (Å²) in [6, 6.07) is 24.3. The number of benzene rings is 3. The van der Waals surface area contributed by atoms with Crippen molar-refractivity contribution in [2.45, 2.75) is 6.92 Å². The highest BCUT2D eigenvalue weighted by Crippen LogP contribution is 2.24. The second-order valence-corrected chi connectivity index (χ2v) is 5.59. The minimum atomic E-state index is -0.203. The SMILES string of the molecule is Cc1cccc(Oc2ccc(OCC(=O)Nc3ccccc3)cc2)c1. The van der Waals surface area contributed by atoms with Crippen molar-refractivity contribution in [1.82, 2.24) is 0 Å². The van der Waals surface area contributed by atoms with E-state index in [9.17, 15) is 4.79 Å². The van der Waals surface area contributed by atoms with Gasteiger partial charge in [0.1, 0.15) is 17.2 Å². The van der Waals surface area contributed by atoms with Crippen LogP contribution < -0.4 is 14.8 Å². The summed E-state index contributed by atoms with van der Waals surface area (Å²) in [5.74, 6) is 1.91. The van der Waals surface area contributed by atoms with Crippen LogP contribution in [0.15, 0.2) is 78.9 Å². The fourth-order valence-corrected chi connectivity index (χ4v) is 2.29. The molecule has 0 saturated carbocycles. The lowest BCUT2D eigenvalue weighted by molar-refractivity contribution is -0.118. The van der Waals surface area contributed by atoms with Crippen molar-refractivity contribution < 1.29 is 14.3 Å². The third kappa shape index (κ3) is 5.11. The molecule has 4 nitrogen and oxygen atoms in total. The molecule has 1 amide bonds. The number of carbonyl (C=O) groups is 1. The Morgan fingerprint density at radius 1 is 0.840 bits per heavy atom. The minimum Gasteiger partial charge on any atom is -0.484 e. The van der Waals surface area contributed by atoms with E-state index >= 15 is 0 Å². The van der Waals surface area contributed by atoms with Crippen LogP contribution in [0.1, 0.15) is 5.56 Å². The van der Waals surface area contributed by atoms with Gasteiger partial charge >= 0.3 is 0 Å². The Hall–Kier alpha value is -3.27. The van der Waals surface area contributed by atoms with Crippen molar-refractivity contribution in [3.8, 4) is 17.2 Å². The smallest absolute Gasteiger partial charge is 0.262 e. The quantitative estimate of drug-likeness (QED) is 0.704. The molecule has 126 valence electrons. The molecule has 0 unspecified atom stereocenters. The zero-order chi connectivity index (χ0) is 17.5. The normalized spacial score (nSPS) is 10.1. The molecule has 0 bridgehead atoms. The number of para-hydroxylation sites is 1. The fraction of sp³-hybridized carbons (Fsp3) is 0.0952. The second kappa shape index (κ2) is 8.02. The molecular formula is C21H19NO3. The molecule has 0 aliphatic rings. The van der Waals surface area contributed by atoms with Gasteiger partial charge in [-0.15, -0.1) is 0 Å². The third-order valence-electron chi connectivity index (χ3n) is 3.48. The van der Waals surface area contributed by atoms with Crippen LogP contribution in [0.25, 0.3) is 0 Å². The monoisotopic (exact) mass is 333 g/mol. The standard InChI is InChI=1S/C21H19NO3/c1-16-6-5-9-20(14-16)25-19-12-10-18(11-13-19)24-15-21(23)22-17-7-3-2-4-8-17/h2-14H,15H2,1H3,(H,22,23). The van der Waals surface area contributed by atoms with Crippen LogP contribution in [0, 0.1) is 6.92 Å². The lowest BCUT2D eigenvalue weighted by Crippen LogP contribution is -2.20. The molecule has 0 aliphatic heterocycles. The number of anilines is 1. The van der Waals surface area contributed by atoms with Crippen LogP contribution >= 0.6 is 0 Å². The van der Waals surface area contributed by atoms with E-state index in [1.54, 1.807) is 12.1 Å². The van der Waals surface area contributed by atoms with Gasteiger partial charge in [0.15, 0.2) is 6.61 Å². The average molecular weight is 333 g/mol. The molecule has 0 spiro atoms. The number of hydrogen-bond donors (Lipinski definition) is 1. The first-order valence-corrected chi connectivity index (χ1v) is 8.01. The molecule has 4 heteroatoms. The predicted octanol–water partition coefficient (Wildman–Crippen LogP) is 4.80. The van der Waals surface area contributed by atoms with E-state index in [-0.39, 0.29) is 12.5 Å². The van der Waals surface area contributed by atoms with Crippen LogP contribution in [-0.2, 0) is 4.79 Å². The van der Waals surface area contributed by atoms with E-state index in [0.29, 0.717) is 11.5 Å². The summed E-state index contributed by atoms with van der Waals surface area (Å²) in [7, 11) is 0. The third-order valence-corrected chi connectivity index (χ3v) is 3.48. The summed E-state index contributed by atoms with van der Waals surface area (Å²) in [5, 5.41) is 2.77. The molecule has 25 heavy (non-hydrogen) atoms. The summed E-state index contributed by atoms with van der Waals surface area (Å²) in [5.41, 5.74) is 1.89. The summed E-state index contributed by atoms with van der Waals surface area (Å²) in [4.78, 5) is 11.9. The summed E-state index contributed by atoms with van der Waals surface area (Å²) in [6.45, 7) is 1.97. The number of aryl methyl sites for hydroxylation is 1. The Labute approximate surface area is 147 Å². The largest absolute Gasteiger partial charge is 0.484 e. The molecule has 0 saturated heterocycles. The van der Waals surface area contributed by atoms with Gasteiger partial charge in [-0.3, -0.25) is 4.79 Å². The average Bonchev–Trinajstić information content (AvgIpc) is 2.62. The van der Waals surface area contributed by atoms with Gasteiger partial charge in [0.05, 0.1) is 0 Å². The summed E-state index contributed by atoms with van der Waals surface area (Å²) in [6.07, 6.45) is 0. The van der Waals surface area contributed by atoms with Crippen LogP contribution in [0.4, 0.5) is 5.69 Å². The lowest BCUT2D eigenvalue weighted by Gasteiger charge is -2.09. The van der Waals surface area contributed by atoms with Crippen LogP contribution in [-0.4, -0.2) is 12.5 Å². The zero-order valence-corrected chi connectivity index (χ0v) is 13.9. The molecule has 0 atom stereocenters. The predicted molar refractivity (Wildman–Crippen MR) is 98.3 cm³/mol. The van der Waals surface area contributed by atoms with E-state index in [1.807, 2.05) is 73.7 Å². The van der Waals surface area contributed by atoms with Crippen molar-refractivity contribution in [3.05, 3.63) is 84.4 Å². The van der Waals surface area contributed by atoms with E-state index in [0.717, 1.165) is 17.0 Å². The zero-order valence-electron chi connectivity index (χ0n) is 13.9. The molecule has 1 N–H and O–H groups in total. The summed E-state index contributed by atoms with van der Waals surface area (Å²) < 4.78 is 11.3. The van der Waals surface area contributed by atoms with E-state index < -0.39 is 0 Å². The van der Waals surface area contributed by atoms with Crippen molar-refractivity contribution in [2.24, 2.45) is 0 Å². The fourth-order valence-electron chi connectivity index (χ4n) is 2.29. The topological polar surface area (TPSA) is 47.6 Å². The first-order valence-electron chi connectivity index (χ1n) is 8.01. The van der Waals surface area contributed by atoms with Gasteiger partial charge < -0.3 is 14.8 Å². The van der Waals surface area contributed by atoms with Crippen LogP contribution in [0.3, 0.4) is 0 Å². The minimum absolute atomic E-state index is 0.0486. The van der Waals surface area contributed by atoms with Crippen LogP contribution in [0.5, 0.6) is 17.2 Å². The van der Waals surface area contributed by atoms with Crippen molar-refractivity contribution in [1.29, 1.82) is 0 Å². The van der Waals surface area contributed by atoms with Gasteiger partial charge in [0.2, 0.25) is 0 Å². The lowest BCUT2D eigenvalue weighted by atomic mass is 10.2. The Bertz CT molecular complexity index is 829. The highest BCUT2D eigenvalue weighted by molar-refractivity contribution is 5.91. The maximum atomic E-state index is 11.9. The van der Waals surface area contributed by atoms with Crippen molar-refractivity contribution in [2.75, 3.05) is 11.9 Å². The Morgan fingerprint density at radius 3 is 2.28 bits per heavy atom. The highest BCUT2D eigenvalue weighted by atomic mass is 16.5. The molecule has 3 aromatic rings. The Balaban J connectivity index is 1.51. The molecule has 0 aliphatic carbocycles. The maximum absolute atomic E-state index is 11.9. The van der Waals surface area contributed by atoms with E-state index in [1.165, 1.54) is 0 Å². The van der Waals surface area contributed by atoms with Gasteiger partial charge in [0, 0.05) is 5.69 Å². The van der Waals surface area contributed by atoms with Gasteiger partial charge in [0.25, 0.3) is 5.91 Å². The number of hydrogen-bond acceptors (Lipinski definition) is 3. The molecule has 0 fully saturated rings. The molecule has 0 heterocycles. The number of rotatable bonds is 6. The molecular weight excluding hydrogens is 314 g/mol. The first kappa shape index (κ1) is 16.6. The highest BCUT2D eigenvalue weighted by Gasteiger charge is 2.04. The Kier molecular flexibility index (Phi) is 5.32. The first-order chi connectivity index (χ1) is 12.2. The van der Waals surface area contributed by atoms with Gasteiger partial charge in [-0.25, -0.2) is 0 Å². The van der Waals surface area contributed by atoms with Crippen molar-refractivity contribution >= 4 is 11.6 Å². The molecule has 3 aromatic carbocycles. The van der Waals surface area contributed by atoms with E-state index in [2.05, 4.69) is 5.32 Å². The van der Waals surface area contributed by atoms with Crippen LogP contribution in [0.2, 0.25) is 0 Å². The second-order valence-electron chi connectivity index (χ2n) is 5.59. The number of carbonyl (C=O) groups excluding carboxylic acids is 1. The number of nitrogens with one attached hydrogen (secondary N) is 1. The van der Waals surface area contributed by atoms with Gasteiger partial charge in [-0.1, -0.05) is 30.3 Å². The van der Waals surface area contributed by atoms with Gasteiger partial charge in [-0.2, -0.15) is 0 Å². The molecule has 0 aromatic heterocycles. The maximum Gasteiger partial charge on any atom is 0.262 e. The van der Waals surface area contributed by atoms with Crippen molar-refractivity contribution in [3.63, 3.8) is 0 Å². The Morgan fingerprint density at radius 2 is 1.56 bits per heavy atom. The number of amides is 1. The molecule has 0 radical (unpaired) electrons. The summed E-state index contributed by atoms with van der Waals surface area (Å²) >= 11 is 0.